The third-order valence-electron chi connectivity index (χ3n) is 8.72. The number of esters is 1. The predicted octanol–water partition coefficient (Wildman–Crippen LogP) is 10.1. The van der Waals surface area contributed by atoms with Crippen LogP contribution in [0.25, 0.3) is 5.57 Å². The Morgan fingerprint density at radius 3 is 2.00 bits per heavy atom. The number of carbonyl (C=O) groups is 1. The van der Waals surface area contributed by atoms with E-state index in [-0.39, 0.29) is 16.0 Å². The maximum atomic E-state index is 11.5. The monoisotopic (exact) mass is 618 g/mol. The minimum Gasteiger partial charge on any atom is -0.488 e. The molecule has 230 valence electrons. The minimum absolute atomic E-state index is 0.140. The smallest absolute Gasteiger partial charge is 0.305 e. The first-order chi connectivity index (χ1) is 18.9. The lowest BCUT2D eigenvalue weighted by atomic mass is 10.0. The molecule has 0 spiro atoms. The molecular formula is C33H54O5SSi2. The molecule has 0 atom stereocenters. The molecular weight excluding hydrogens is 565 g/mol. The Balaban J connectivity index is 2.20. The molecule has 0 aliphatic heterocycles. The van der Waals surface area contributed by atoms with Gasteiger partial charge in [0, 0.05) is 11.3 Å². The number of hydrogen-bond donors (Lipinski definition) is 0. The molecule has 1 aromatic carbocycles. The highest BCUT2D eigenvalue weighted by molar-refractivity contribution is 7.10. The van der Waals surface area contributed by atoms with E-state index < -0.39 is 16.6 Å². The second kappa shape index (κ2) is 14.6. The summed E-state index contributed by atoms with van der Waals surface area (Å²) in [6, 6.07) is 8.53. The second-order valence-electron chi connectivity index (χ2n) is 13.8. The molecule has 8 heteroatoms. The molecule has 41 heavy (non-hydrogen) atoms. The van der Waals surface area contributed by atoms with Gasteiger partial charge in [0.2, 0.25) is 0 Å². The van der Waals surface area contributed by atoms with Gasteiger partial charge in [-0.1, -0.05) is 60.6 Å². The summed E-state index contributed by atoms with van der Waals surface area (Å²) in [6.07, 6.45) is 4.14. The van der Waals surface area contributed by atoms with Crippen molar-refractivity contribution in [1.82, 2.24) is 0 Å². The Labute approximate surface area is 255 Å². The van der Waals surface area contributed by atoms with Crippen molar-refractivity contribution in [3.8, 4) is 5.75 Å². The molecule has 0 unspecified atom stereocenters. The molecule has 0 radical (unpaired) electrons. The van der Waals surface area contributed by atoms with Crippen molar-refractivity contribution in [2.45, 2.75) is 124 Å². The lowest BCUT2D eigenvalue weighted by Crippen LogP contribution is -2.41. The van der Waals surface area contributed by atoms with Crippen molar-refractivity contribution >= 4 is 39.5 Å². The van der Waals surface area contributed by atoms with Crippen molar-refractivity contribution < 1.29 is 23.1 Å². The fraction of sp³-hybridized carbons (Fsp3) is 0.606. The van der Waals surface area contributed by atoms with Crippen LogP contribution in [0.1, 0.15) is 89.3 Å². The van der Waals surface area contributed by atoms with E-state index in [0.717, 1.165) is 22.6 Å². The Morgan fingerprint density at radius 1 is 0.878 bits per heavy atom. The van der Waals surface area contributed by atoms with Gasteiger partial charge < -0.3 is 18.3 Å². The van der Waals surface area contributed by atoms with Gasteiger partial charge >= 0.3 is 5.97 Å². The van der Waals surface area contributed by atoms with Gasteiger partial charge in [0.1, 0.15) is 12.4 Å². The SMILES string of the molecule is CC/C(=C\CCC(=O)OC)c1csc(COc2ccc(CO[Si](C)(C)C(C)(C)C)c(CO[Si](C)(C)C(C)(C)C)c2)c1. The maximum absolute atomic E-state index is 11.5. The third-order valence-corrected chi connectivity index (χ3v) is 18.6. The second-order valence-corrected chi connectivity index (χ2v) is 24.4. The quantitative estimate of drug-likeness (QED) is 0.156. The van der Waals surface area contributed by atoms with Crippen LogP contribution in [-0.2, 0) is 38.2 Å². The van der Waals surface area contributed by atoms with Gasteiger partial charge in [-0.15, -0.1) is 11.3 Å². The zero-order valence-corrected chi connectivity index (χ0v) is 30.5. The molecule has 0 aliphatic rings. The number of hydrogen-bond acceptors (Lipinski definition) is 6. The Kier molecular flexibility index (Phi) is 12.7. The van der Waals surface area contributed by atoms with E-state index in [4.69, 9.17) is 18.3 Å². The fourth-order valence-electron chi connectivity index (χ4n) is 3.63. The number of allylic oxidation sites excluding steroid dienone is 2. The van der Waals surface area contributed by atoms with Crippen LogP contribution >= 0.6 is 11.3 Å². The van der Waals surface area contributed by atoms with E-state index in [1.54, 1.807) is 11.3 Å². The third kappa shape index (κ3) is 10.5. The van der Waals surface area contributed by atoms with Crippen LogP contribution in [0, 0.1) is 0 Å². The highest BCUT2D eigenvalue weighted by Crippen LogP contribution is 2.39. The summed E-state index contributed by atoms with van der Waals surface area (Å²) in [4.78, 5) is 12.6. The number of thiophene rings is 1. The largest absolute Gasteiger partial charge is 0.488 e. The molecule has 5 nitrogen and oxygen atoms in total. The first-order valence-corrected chi connectivity index (χ1v) is 21.5. The first kappa shape index (κ1) is 35.5. The topological polar surface area (TPSA) is 54.0 Å². The van der Waals surface area contributed by atoms with E-state index in [1.807, 2.05) is 0 Å². The molecule has 0 fully saturated rings. The maximum Gasteiger partial charge on any atom is 0.305 e. The van der Waals surface area contributed by atoms with E-state index in [9.17, 15) is 4.79 Å². The highest BCUT2D eigenvalue weighted by atomic mass is 32.1. The van der Waals surface area contributed by atoms with Crippen molar-refractivity contribution in [2.24, 2.45) is 0 Å². The zero-order valence-electron chi connectivity index (χ0n) is 27.7. The molecule has 0 bridgehead atoms. The molecule has 0 N–H and O–H groups in total. The van der Waals surface area contributed by atoms with Gasteiger partial charge in [0.25, 0.3) is 0 Å². The summed E-state index contributed by atoms with van der Waals surface area (Å²) in [7, 11) is -2.38. The lowest BCUT2D eigenvalue weighted by Gasteiger charge is -2.37. The van der Waals surface area contributed by atoms with Gasteiger partial charge in [-0.2, -0.15) is 0 Å². The summed E-state index contributed by atoms with van der Waals surface area (Å²) in [5.41, 5.74) is 4.75. The highest BCUT2D eigenvalue weighted by Gasteiger charge is 2.38. The lowest BCUT2D eigenvalue weighted by molar-refractivity contribution is -0.140. The van der Waals surface area contributed by atoms with Crippen LogP contribution in [0.4, 0.5) is 0 Å². The van der Waals surface area contributed by atoms with E-state index in [0.29, 0.717) is 32.7 Å². The van der Waals surface area contributed by atoms with E-state index in [1.165, 1.54) is 23.8 Å². The van der Waals surface area contributed by atoms with Crippen molar-refractivity contribution in [3.63, 3.8) is 0 Å². The van der Waals surface area contributed by atoms with E-state index in [2.05, 4.69) is 110 Å². The van der Waals surface area contributed by atoms with E-state index >= 15 is 0 Å². The molecule has 0 amide bonds. The van der Waals surface area contributed by atoms with Gasteiger partial charge in [-0.05, 0) is 94.9 Å². The van der Waals surface area contributed by atoms with Crippen LogP contribution in [0.5, 0.6) is 5.75 Å². The number of carbonyl (C=O) groups excluding carboxylic acids is 1. The van der Waals surface area contributed by atoms with Crippen LogP contribution < -0.4 is 4.74 Å². The summed E-state index contributed by atoms with van der Waals surface area (Å²) >= 11 is 1.70. The Bertz CT molecular complexity index is 1170. The number of methoxy groups -OCH3 is 1. The summed E-state index contributed by atoms with van der Waals surface area (Å²) in [6.45, 7) is 26.6. The predicted molar refractivity (Wildman–Crippen MR) is 179 cm³/mol. The van der Waals surface area contributed by atoms with Crippen LogP contribution in [0.15, 0.2) is 35.7 Å². The van der Waals surface area contributed by atoms with Gasteiger partial charge in [0.15, 0.2) is 16.6 Å². The van der Waals surface area contributed by atoms with Crippen LogP contribution in [-0.4, -0.2) is 29.7 Å². The molecule has 2 rings (SSSR count). The number of ether oxygens (including phenoxy) is 2. The molecule has 2 aromatic rings. The normalized spacial score (nSPS) is 13.4. The van der Waals surface area contributed by atoms with Crippen LogP contribution in [0.2, 0.25) is 36.3 Å². The summed E-state index contributed by atoms with van der Waals surface area (Å²) < 4.78 is 24.3. The minimum atomic E-state index is -1.92. The molecule has 0 saturated carbocycles. The fourth-order valence-corrected chi connectivity index (χ4v) is 6.35. The molecule has 1 heterocycles. The molecule has 0 aliphatic carbocycles. The van der Waals surface area contributed by atoms with Crippen LogP contribution in [0.3, 0.4) is 0 Å². The first-order valence-electron chi connectivity index (χ1n) is 14.8. The standard InChI is InChI=1S/C33H54O5SSi2/c1-13-25(15-14-16-31(34)35-8)28-20-30(39-24-28)23-36-29-18-17-26(21-37-40(9,10)32(2,3)4)27(19-29)22-38-41(11,12)33(5,6)7/h15,17-20,24H,13-14,16,21-23H2,1-12H3/b25-15+. The van der Waals surface area contributed by atoms with Crippen molar-refractivity contribution in [1.29, 1.82) is 0 Å². The van der Waals surface area contributed by atoms with Gasteiger partial charge in [-0.25, -0.2) is 0 Å². The Morgan fingerprint density at radius 2 is 1.46 bits per heavy atom. The average molecular weight is 619 g/mol. The van der Waals surface area contributed by atoms with Gasteiger partial charge in [-0.3, -0.25) is 4.79 Å². The average Bonchev–Trinajstić information content (AvgIpc) is 3.35. The number of rotatable bonds is 14. The zero-order chi connectivity index (χ0) is 31.1. The Hall–Kier alpha value is -1.72. The van der Waals surface area contributed by atoms with Crippen molar-refractivity contribution in [2.75, 3.05) is 7.11 Å². The number of benzene rings is 1. The summed E-state index contributed by atoms with van der Waals surface area (Å²) in [5.74, 6) is 0.664. The molecule has 0 saturated heterocycles. The molecule has 1 aromatic heterocycles. The van der Waals surface area contributed by atoms with Gasteiger partial charge in [0.05, 0.1) is 20.3 Å². The van der Waals surface area contributed by atoms with Crippen molar-refractivity contribution in [3.05, 3.63) is 57.3 Å². The summed E-state index contributed by atoms with van der Waals surface area (Å²) in [5, 5.41) is 2.47.